The van der Waals surface area contributed by atoms with Gasteiger partial charge in [0.2, 0.25) is 0 Å². The first-order valence-corrected chi connectivity index (χ1v) is 11.4. The van der Waals surface area contributed by atoms with Crippen LogP contribution in [0.25, 0.3) is 0 Å². The van der Waals surface area contributed by atoms with Gasteiger partial charge in [0, 0.05) is 0 Å². The van der Waals surface area contributed by atoms with Crippen LogP contribution in [0.3, 0.4) is 0 Å². The third-order valence-electron chi connectivity index (χ3n) is 5.35. The van der Waals surface area contributed by atoms with Crippen LogP contribution < -0.4 is 4.74 Å². The van der Waals surface area contributed by atoms with Gasteiger partial charge in [-0.1, -0.05) is 80.5 Å². The fourth-order valence-corrected chi connectivity index (χ4v) is 4.38. The average molecular weight is 467 g/mol. The van der Waals surface area contributed by atoms with E-state index in [-0.39, 0.29) is 18.3 Å². The maximum Gasteiger partial charge on any atom is 0.329 e. The molecule has 2 atom stereocenters. The van der Waals surface area contributed by atoms with E-state index >= 15 is 0 Å². The molecule has 31 heavy (non-hydrogen) atoms. The topological polar surface area (TPSA) is 35.5 Å². The highest BCUT2D eigenvalue weighted by Crippen LogP contribution is 2.60. The molecule has 2 aromatic carbocycles. The highest BCUT2D eigenvalue weighted by atomic mass is 35.5. The summed E-state index contributed by atoms with van der Waals surface area (Å²) in [6.07, 6.45) is 1.31. The first-order chi connectivity index (χ1) is 14.6. The highest BCUT2D eigenvalue weighted by molar-refractivity contribution is 8.00. The van der Waals surface area contributed by atoms with E-state index in [0.29, 0.717) is 23.3 Å². The maximum absolute atomic E-state index is 14.0. The highest BCUT2D eigenvalue weighted by Gasteiger charge is 2.62. The maximum atomic E-state index is 14.0. The second-order valence-corrected chi connectivity index (χ2v) is 9.75. The molecule has 0 spiro atoms. The van der Waals surface area contributed by atoms with Crippen molar-refractivity contribution < 1.29 is 23.0 Å². The number of ether oxygens (including phenoxy) is 2. The zero-order valence-electron chi connectivity index (χ0n) is 17.6. The minimum Gasteiger partial charge on any atom is -0.461 e. The normalized spacial score (nSPS) is 20.3. The molecule has 7 heteroatoms. The molecule has 2 unspecified atom stereocenters. The van der Waals surface area contributed by atoms with Gasteiger partial charge in [0.05, 0.1) is 11.0 Å². The van der Waals surface area contributed by atoms with Gasteiger partial charge in [-0.25, -0.2) is 0 Å². The molecule has 0 bridgehead atoms. The number of hydrogen-bond acceptors (Lipinski definition) is 4. The van der Waals surface area contributed by atoms with E-state index in [1.165, 1.54) is 6.08 Å². The van der Waals surface area contributed by atoms with Gasteiger partial charge in [-0.05, 0) is 46.9 Å². The lowest BCUT2D eigenvalue weighted by molar-refractivity contribution is -0.147. The first-order valence-electron chi connectivity index (χ1n) is 10.0. The Morgan fingerprint density at radius 1 is 1.16 bits per heavy atom. The number of carbonyl (C=O) groups is 1. The predicted molar refractivity (Wildman–Crippen MR) is 121 cm³/mol. The van der Waals surface area contributed by atoms with Gasteiger partial charge in [0.1, 0.15) is 18.1 Å². The van der Waals surface area contributed by atoms with Crippen LogP contribution in [-0.4, -0.2) is 17.0 Å². The molecule has 0 saturated heterocycles. The van der Waals surface area contributed by atoms with Gasteiger partial charge in [0.25, 0.3) is 0 Å². The van der Waals surface area contributed by atoms with Gasteiger partial charge < -0.3 is 9.47 Å². The molecule has 0 amide bonds. The van der Waals surface area contributed by atoms with Crippen molar-refractivity contribution in [2.24, 2.45) is 17.3 Å². The molecule has 0 heterocycles. The SMILES string of the molecule is CCSC(F)(F)C(Cl)=CC1C(C(=O)OCc2cccc(Oc3ccccc3)c2)C1(C)C. The molecular formula is C24H25ClF2O3S. The molecule has 0 radical (unpaired) electrons. The lowest BCUT2D eigenvalue weighted by Crippen LogP contribution is -2.12. The Balaban J connectivity index is 1.60. The van der Waals surface area contributed by atoms with Crippen molar-refractivity contribution >= 4 is 29.3 Å². The Morgan fingerprint density at radius 2 is 1.84 bits per heavy atom. The molecule has 3 nitrogen and oxygen atoms in total. The largest absolute Gasteiger partial charge is 0.461 e. The van der Waals surface area contributed by atoms with Crippen molar-refractivity contribution in [3.05, 3.63) is 71.3 Å². The number of rotatable bonds is 9. The van der Waals surface area contributed by atoms with E-state index in [1.807, 2.05) is 62.4 Å². The summed E-state index contributed by atoms with van der Waals surface area (Å²) in [5.74, 6) is 0.270. The van der Waals surface area contributed by atoms with E-state index in [0.717, 1.165) is 5.56 Å². The van der Waals surface area contributed by atoms with Crippen molar-refractivity contribution in [1.29, 1.82) is 0 Å². The van der Waals surface area contributed by atoms with Crippen molar-refractivity contribution in [3.8, 4) is 11.5 Å². The van der Waals surface area contributed by atoms with Crippen LogP contribution in [0.15, 0.2) is 65.7 Å². The minimum atomic E-state index is -3.15. The lowest BCUT2D eigenvalue weighted by Gasteiger charge is -2.13. The van der Waals surface area contributed by atoms with Crippen LogP contribution in [0, 0.1) is 17.3 Å². The summed E-state index contributed by atoms with van der Waals surface area (Å²) in [4.78, 5) is 12.6. The second kappa shape index (κ2) is 9.61. The Labute approximate surface area is 190 Å². The number of alkyl halides is 2. The summed E-state index contributed by atoms with van der Waals surface area (Å²) in [5, 5.41) is -3.68. The number of carbonyl (C=O) groups excluding carboxylic acids is 1. The van der Waals surface area contributed by atoms with Crippen molar-refractivity contribution in [3.63, 3.8) is 0 Å². The first kappa shape index (κ1) is 23.6. The Kier molecular flexibility index (Phi) is 7.32. The number of benzene rings is 2. The number of hydrogen-bond donors (Lipinski definition) is 0. The van der Waals surface area contributed by atoms with Gasteiger partial charge in [0.15, 0.2) is 0 Å². The smallest absolute Gasteiger partial charge is 0.329 e. The van der Waals surface area contributed by atoms with Gasteiger partial charge in [-0.2, -0.15) is 8.78 Å². The third kappa shape index (κ3) is 5.80. The van der Waals surface area contributed by atoms with Crippen molar-refractivity contribution in [2.45, 2.75) is 32.6 Å². The zero-order valence-corrected chi connectivity index (χ0v) is 19.2. The van der Waals surface area contributed by atoms with Crippen molar-refractivity contribution in [1.82, 2.24) is 0 Å². The number of halogens is 3. The molecule has 3 rings (SSSR count). The monoisotopic (exact) mass is 466 g/mol. The summed E-state index contributed by atoms with van der Waals surface area (Å²) in [7, 11) is 0. The zero-order chi connectivity index (χ0) is 22.6. The molecule has 0 N–H and O–H groups in total. The predicted octanol–water partition coefficient (Wildman–Crippen LogP) is 7.26. The summed E-state index contributed by atoms with van der Waals surface area (Å²) < 4.78 is 39.2. The summed E-state index contributed by atoms with van der Waals surface area (Å²) in [5.41, 5.74) is 0.291. The molecule has 0 aromatic heterocycles. The third-order valence-corrected chi connectivity index (χ3v) is 6.70. The standard InChI is InChI=1S/C24H25ClF2O3S/c1-4-31-24(26,27)20(25)14-19-21(23(19,2)3)22(28)29-15-16-9-8-12-18(13-16)30-17-10-6-5-7-11-17/h5-14,19,21H,4,15H2,1-3H3. The summed E-state index contributed by atoms with van der Waals surface area (Å²) in [6.45, 7) is 5.42. The van der Waals surface area contributed by atoms with Crippen LogP contribution in [0.4, 0.5) is 8.78 Å². The molecule has 166 valence electrons. The van der Waals surface area contributed by atoms with Crippen LogP contribution >= 0.6 is 23.4 Å². The number of allylic oxidation sites excluding steroid dienone is 1. The molecule has 2 aromatic rings. The lowest BCUT2D eigenvalue weighted by atomic mass is 10.1. The molecule has 1 saturated carbocycles. The fraction of sp³-hybridized carbons (Fsp3) is 0.375. The van der Waals surface area contributed by atoms with Gasteiger partial charge in [-0.15, -0.1) is 0 Å². The molecule has 1 fully saturated rings. The fourth-order valence-electron chi connectivity index (χ4n) is 3.51. The Bertz CT molecular complexity index is 947. The number of para-hydroxylation sites is 1. The van der Waals surface area contributed by atoms with Crippen LogP contribution in [0.1, 0.15) is 26.3 Å². The van der Waals surface area contributed by atoms with E-state index in [1.54, 1.807) is 13.0 Å². The molecular weight excluding hydrogens is 442 g/mol. The van der Waals surface area contributed by atoms with E-state index in [4.69, 9.17) is 21.1 Å². The van der Waals surface area contributed by atoms with Gasteiger partial charge >= 0.3 is 11.2 Å². The molecule has 1 aliphatic carbocycles. The van der Waals surface area contributed by atoms with Crippen LogP contribution in [-0.2, 0) is 16.1 Å². The number of thioether (sulfide) groups is 1. The minimum absolute atomic E-state index is 0.0728. The quantitative estimate of drug-likeness (QED) is 0.364. The van der Waals surface area contributed by atoms with Crippen LogP contribution in [0.5, 0.6) is 11.5 Å². The molecule has 0 aliphatic heterocycles. The Morgan fingerprint density at radius 3 is 2.52 bits per heavy atom. The summed E-state index contributed by atoms with van der Waals surface area (Å²) >= 11 is 6.33. The molecule has 1 aliphatic rings. The summed E-state index contributed by atoms with van der Waals surface area (Å²) in [6, 6.07) is 16.6. The Hall–Kier alpha value is -2.05. The van der Waals surface area contributed by atoms with E-state index in [2.05, 4.69) is 0 Å². The second-order valence-electron chi connectivity index (χ2n) is 7.96. The van der Waals surface area contributed by atoms with Crippen LogP contribution in [0.2, 0.25) is 0 Å². The van der Waals surface area contributed by atoms with E-state index < -0.39 is 27.6 Å². The van der Waals surface area contributed by atoms with E-state index in [9.17, 15) is 13.6 Å². The number of esters is 1. The van der Waals surface area contributed by atoms with Crippen molar-refractivity contribution in [2.75, 3.05) is 5.75 Å². The average Bonchev–Trinajstić information content (AvgIpc) is 3.27. The van der Waals surface area contributed by atoms with Gasteiger partial charge in [-0.3, -0.25) is 4.79 Å².